The van der Waals surface area contributed by atoms with Crippen LogP contribution in [0.25, 0.3) is 0 Å². The molecule has 0 amide bonds. The van der Waals surface area contributed by atoms with Gasteiger partial charge in [0.2, 0.25) is 0 Å². The first-order chi connectivity index (χ1) is 17.8. The van der Waals surface area contributed by atoms with Gasteiger partial charge in [-0.2, -0.15) is 0 Å². The Morgan fingerprint density at radius 3 is 2.73 bits per heavy atom. The van der Waals surface area contributed by atoms with Gasteiger partial charge in [-0.3, -0.25) is 9.78 Å². The number of aromatic nitrogens is 1. The van der Waals surface area contributed by atoms with Crippen molar-refractivity contribution in [3.05, 3.63) is 30.1 Å². The summed E-state index contributed by atoms with van der Waals surface area (Å²) in [4.78, 5) is 16.3. The van der Waals surface area contributed by atoms with Crippen LogP contribution in [0.15, 0.2) is 24.4 Å². The first-order valence-corrected chi connectivity index (χ1v) is 14.9. The Labute approximate surface area is 223 Å². The van der Waals surface area contributed by atoms with Crippen LogP contribution in [0.5, 0.6) is 0 Å². The van der Waals surface area contributed by atoms with Gasteiger partial charge < -0.3 is 20.5 Å². The Kier molecular flexibility index (Phi) is 8.00. The van der Waals surface area contributed by atoms with Crippen LogP contribution < -0.4 is 10.6 Å². The number of ether oxygens (including phenoxy) is 1. The number of fused-ring (bicyclic) bond motifs is 5. The van der Waals surface area contributed by atoms with Crippen molar-refractivity contribution in [2.24, 2.45) is 40.4 Å². The van der Waals surface area contributed by atoms with Gasteiger partial charge >= 0.3 is 5.97 Å². The Hall–Kier alpha value is -1.50. The molecule has 1 aromatic rings. The van der Waals surface area contributed by atoms with Crippen LogP contribution in [0, 0.1) is 40.4 Å². The van der Waals surface area contributed by atoms with Gasteiger partial charge in [0, 0.05) is 36.7 Å². The van der Waals surface area contributed by atoms with E-state index in [0.717, 1.165) is 43.3 Å². The highest BCUT2D eigenvalue weighted by Gasteiger charge is 2.64. The van der Waals surface area contributed by atoms with Crippen molar-refractivity contribution < 1.29 is 14.6 Å². The minimum Gasteiger partial charge on any atom is -0.469 e. The van der Waals surface area contributed by atoms with Crippen LogP contribution in [0.3, 0.4) is 0 Å². The number of pyridine rings is 1. The Morgan fingerprint density at radius 1 is 1.16 bits per heavy atom. The third kappa shape index (κ3) is 4.87. The van der Waals surface area contributed by atoms with E-state index in [0.29, 0.717) is 35.6 Å². The zero-order chi connectivity index (χ0) is 26.2. The second-order valence-corrected chi connectivity index (χ2v) is 13.1. The summed E-state index contributed by atoms with van der Waals surface area (Å²) in [7, 11) is 3.48. The molecule has 206 valence electrons. The van der Waals surface area contributed by atoms with Crippen LogP contribution in [0.4, 0.5) is 0 Å². The molecule has 5 rings (SSSR count). The Morgan fingerprint density at radius 2 is 2.00 bits per heavy atom. The molecule has 0 saturated heterocycles. The van der Waals surface area contributed by atoms with E-state index >= 15 is 0 Å². The predicted octanol–water partition coefficient (Wildman–Crippen LogP) is 4.71. The number of aliphatic hydroxyl groups is 1. The standard InChI is InChI=1S/C31H49N3O3/c1-30-15-14-21(34-19-22-7-5-6-16-33-22)17-20(30)8-9-23-24-10-11-25(27(32-3)12-13-29(36)37-4)31(24,2)28(35)18-26(23)30/h5-7,16,20-21,23-28,32,34-35H,8-15,17-19H2,1-4H3/t20-,21?,23?,24?,25+,26?,27?,28-,30-,31-/m0/s1. The highest BCUT2D eigenvalue weighted by atomic mass is 16.5. The summed E-state index contributed by atoms with van der Waals surface area (Å²) in [5.74, 6) is 2.93. The molecule has 1 heterocycles. The molecule has 0 aromatic carbocycles. The van der Waals surface area contributed by atoms with E-state index < -0.39 is 0 Å². The first-order valence-electron chi connectivity index (χ1n) is 14.9. The number of hydrogen-bond acceptors (Lipinski definition) is 6. The third-order valence-corrected chi connectivity index (χ3v) is 11.9. The Bertz CT molecular complexity index is 928. The lowest BCUT2D eigenvalue weighted by Crippen LogP contribution is -2.60. The fourth-order valence-corrected chi connectivity index (χ4v) is 9.78. The summed E-state index contributed by atoms with van der Waals surface area (Å²) < 4.78 is 4.91. The lowest BCUT2D eigenvalue weighted by molar-refractivity contribution is -0.168. The van der Waals surface area contributed by atoms with Crippen molar-refractivity contribution in [3.63, 3.8) is 0 Å². The number of aliphatic hydroxyl groups excluding tert-OH is 1. The van der Waals surface area contributed by atoms with E-state index in [-0.39, 0.29) is 23.5 Å². The number of methoxy groups -OCH3 is 1. The number of esters is 1. The highest BCUT2D eigenvalue weighted by Crippen LogP contribution is 2.67. The maximum absolute atomic E-state index is 11.9. The van der Waals surface area contributed by atoms with Gasteiger partial charge in [-0.25, -0.2) is 0 Å². The van der Waals surface area contributed by atoms with Crippen LogP contribution in [0.2, 0.25) is 0 Å². The van der Waals surface area contributed by atoms with Crippen molar-refractivity contribution in [1.29, 1.82) is 0 Å². The molecular weight excluding hydrogens is 462 g/mol. The summed E-state index contributed by atoms with van der Waals surface area (Å²) in [6.45, 7) is 5.80. The van der Waals surface area contributed by atoms with Crippen LogP contribution in [-0.4, -0.2) is 48.4 Å². The fourth-order valence-electron chi connectivity index (χ4n) is 9.78. The van der Waals surface area contributed by atoms with Crippen LogP contribution >= 0.6 is 0 Å². The molecule has 37 heavy (non-hydrogen) atoms. The van der Waals surface area contributed by atoms with E-state index in [2.05, 4.69) is 41.6 Å². The van der Waals surface area contributed by atoms with E-state index in [1.807, 2.05) is 19.3 Å². The monoisotopic (exact) mass is 511 g/mol. The minimum atomic E-state index is -0.268. The molecule has 6 heteroatoms. The number of carbonyl (C=O) groups excluding carboxylic acids is 1. The topological polar surface area (TPSA) is 83.5 Å². The van der Waals surface area contributed by atoms with Gasteiger partial charge in [0.25, 0.3) is 0 Å². The largest absolute Gasteiger partial charge is 0.469 e. The second-order valence-electron chi connectivity index (χ2n) is 13.1. The lowest BCUT2D eigenvalue weighted by atomic mass is 9.43. The number of nitrogens with one attached hydrogen (secondary N) is 2. The second kappa shape index (κ2) is 10.9. The quantitative estimate of drug-likeness (QED) is 0.439. The molecule has 3 N–H and O–H groups in total. The van der Waals surface area contributed by atoms with Crippen molar-refractivity contribution in [1.82, 2.24) is 15.6 Å². The maximum Gasteiger partial charge on any atom is 0.305 e. The summed E-state index contributed by atoms with van der Waals surface area (Å²) in [5.41, 5.74) is 1.38. The van der Waals surface area contributed by atoms with Crippen molar-refractivity contribution >= 4 is 5.97 Å². The molecule has 4 aliphatic carbocycles. The molecule has 0 radical (unpaired) electrons. The number of hydrogen-bond donors (Lipinski definition) is 3. The van der Waals surface area contributed by atoms with Gasteiger partial charge in [0.15, 0.2) is 0 Å². The molecule has 0 spiro atoms. The van der Waals surface area contributed by atoms with E-state index in [9.17, 15) is 9.90 Å². The van der Waals surface area contributed by atoms with Gasteiger partial charge in [-0.1, -0.05) is 19.9 Å². The van der Waals surface area contributed by atoms with Gasteiger partial charge in [-0.15, -0.1) is 0 Å². The number of carbonyl (C=O) groups is 1. The van der Waals surface area contributed by atoms with E-state index in [1.165, 1.54) is 45.6 Å². The van der Waals surface area contributed by atoms with Crippen molar-refractivity contribution in [2.45, 2.75) is 103 Å². The zero-order valence-electron chi connectivity index (χ0n) is 23.4. The van der Waals surface area contributed by atoms with E-state index in [1.54, 1.807) is 0 Å². The molecule has 1 aromatic heterocycles. The first kappa shape index (κ1) is 27.1. The average Bonchev–Trinajstić information content (AvgIpc) is 3.27. The molecule has 4 aliphatic rings. The lowest BCUT2D eigenvalue weighted by Gasteiger charge is -2.62. The molecule has 10 atom stereocenters. The van der Waals surface area contributed by atoms with Crippen molar-refractivity contribution in [2.75, 3.05) is 14.2 Å². The molecule has 4 saturated carbocycles. The molecular formula is C31H49N3O3. The molecule has 6 nitrogen and oxygen atoms in total. The van der Waals surface area contributed by atoms with Gasteiger partial charge in [-0.05, 0) is 112 Å². The SMILES string of the molecule is CNC(CCC(=O)OC)[C@H]1CCC2C3CC[C@H]4CC(NCc5ccccn5)CC[C@]4(C)C3C[C@H](O)[C@@]21C. The Balaban J connectivity index is 1.27. The summed E-state index contributed by atoms with van der Waals surface area (Å²) in [6.07, 6.45) is 12.5. The highest BCUT2D eigenvalue weighted by molar-refractivity contribution is 5.69. The smallest absolute Gasteiger partial charge is 0.305 e. The fraction of sp³-hybridized carbons (Fsp3) is 0.806. The zero-order valence-corrected chi connectivity index (χ0v) is 23.4. The van der Waals surface area contributed by atoms with Gasteiger partial charge in [0.1, 0.15) is 0 Å². The van der Waals surface area contributed by atoms with Crippen LogP contribution in [0.1, 0.15) is 83.7 Å². The predicted molar refractivity (Wildman–Crippen MR) is 146 cm³/mol. The molecule has 5 unspecified atom stereocenters. The average molecular weight is 512 g/mol. The normalized spacial score (nSPS) is 41.8. The molecule has 0 bridgehead atoms. The molecule has 0 aliphatic heterocycles. The summed E-state index contributed by atoms with van der Waals surface area (Å²) >= 11 is 0. The van der Waals surface area contributed by atoms with Crippen molar-refractivity contribution in [3.8, 4) is 0 Å². The van der Waals surface area contributed by atoms with Gasteiger partial charge in [0.05, 0.1) is 18.9 Å². The third-order valence-electron chi connectivity index (χ3n) is 11.9. The minimum absolute atomic E-state index is 0.0738. The molecule has 4 fully saturated rings. The maximum atomic E-state index is 11.9. The summed E-state index contributed by atoms with van der Waals surface area (Å²) in [6, 6.07) is 6.96. The van der Waals surface area contributed by atoms with E-state index in [4.69, 9.17) is 4.74 Å². The van der Waals surface area contributed by atoms with Crippen LogP contribution in [-0.2, 0) is 16.1 Å². The number of rotatable bonds is 8. The summed E-state index contributed by atoms with van der Waals surface area (Å²) in [5, 5.41) is 19.2. The number of nitrogens with zero attached hydrogens (tertiary/aromatic N) is 1.